The van der Waals surface area contributed by atoms with E-state index in [9.17, 15) is 4.39 Å². The Labute approximate surface area is 100 Å². The van der Waals surface area contributed by atoms with Crippen molar-refractivity contribution in [2.24, 2.45) is 0 Å². The van der Waals surface area contributed by atoms with Crippen LogP contribution in [0.3, 0.4) is 0 Å². The van der Waals surface area contributed by atoms with Crippen LogP contribution in [0.5, 0.6) is 0 Å². The van der Waals surface area contributed by atoms with Crippen molar-refractivity contribution in [3.8, 4) is 0 Å². The predicted molar refractivity (Wildman–Crippen MR) is 64.3 cm³/mol. The van der Waals surface area contributed by atoms with Crippen LogP contribution >= 0.6 is 11.6 Å². The molecule has 1 aromatic carbocycles. The maximum atomic E-state index is 13.2. The first kappa shape index (κ1) is 11.8. The summed E-state index contributed by atoms with van der Waals surface area (Å²) in [5.74, 6) is -0.260. The Balaban J connectivity index is 2.15. The Hall–Kier alpha value is -0.640. The van der Waals surface area contributed by atoms with Crippen molar-refractivity contribution in [2.45, 2.75) is 13.0 Å². The highest BCUT2D eigenvalue weighted by Crippen LogP contribution is 2.24. The number of benzene rings is 1. The topological polar surface area (TPSA) is 15.3 Å². The smallest absolute Gasteiger partial charge is 0.125 e. The maximum absolute atomic E-state index is 13.2. The summed E-state index contributed by atoms with van der Waals surface area (Å²) in [6.45, 7) is 6.07. The fraction of sp³-hybridized carbons (Fsp3) is 0.500. The highest BCUT2D eigenvalue weighted by molar-refractivity contribution is 6.30. The molecule has 1 aliphatic rings. The van der Waals surface area contributed by atoms with E-state index in [2.05, 4.69) is 17.1 Å². The highest BCUT2D eigenvalue weighted by atomic mass is 35.5. The molecule has 0 saturated carbocycles. The lowest BCUT2D eigenvalue weighted by atomic mass is 10.1. The molecule has 1 saturated heterocycles. The molecular formula is C12H16ClFN2. The number of nitrogens with zero attached hydrogens (tertiary/aromatic N) is 1. The van der Waals surface area contributed by atoms with E-state index in [-0.39, 0.29) is 11.9 Å². The van der Waals surface area contributed by atoms with Gasteiger partial charge in [-0.05, 0) is 30.7 Å². The van der Waals surface area contributed by atoms with Gasteiger partial charge in [-0.2, -0.15) is 0 Å². The molecule has 1 aromatic rings. The Morgan fingerprint density at radius 2 is 2.00 bits per heavy atom. The van der Waals surface area contributed by atoms with Crippen LogP contribution in [0.2, 0.25) is 5.02 Å². The molecule has 4 heteroatoms. The molecule has 1 aliphatic heterocycles. The second-order valence-corrected chi connectivity index (χ2v) is 4.60. The van der Waals surface area contributed by atoms with Crippen molar-refractivity contribution in [1.29, 1.82) is 0 Å². The third kappa shape index (κ3) is 2.73. The van der Waals surface area contributed by atoms with Crippen LogP contribution in [0, 0.1) is 5.82 Å². The SMILES string of the molecule is C[C@H](c1cc(F)cc(Cl)c1)N1CCNCC1. The van der Waals surface area contributed by atoms with Crippen LogP contribution in [-0.2, 0) is 0 Å². The minimum Gasteiger partial charge on any atom is -0.314 e. The normalized spacial score (nSPS) is 19.7. The monoisotopic (exact) mass is 242 g/mol. The molecule has 1 heterocycles. The van der Waals surface area contributed by atoms with Gasteiger partial charge in [0.25, 0.3) is 0 Å². The van der Waals surface area contributed by atoms with Gasteiger partial charge in [-0.3, -0.25) is 4.90 Å². The van der Waals surface area contributed by atoms with Gasteiger partial charge in [0.2, 0.25) is 0 Å². The molecule has 16 heavy (non-hydrogen) atoms. The number of hydrogen-bond acceptors (Lipinski definition) is 2. The van der Waals surface area contributed by atoms with Gasteiger partial charge < -0.3 is 5.32 Å². The van der Waals surface area contributed by atoms with Gasteiger partial charge in [-0.1, -0.05) is 11.6 Å². The molecule has 2 nitrogen and oxygen atoms in total. The summed E-state index contributed by atoms with van der Waals surface area (Å²) < 4.78 is 13.2. The first-order valence-electron chi connectivity index (χ1n) is 5.57. The summed E-state index contributed by atoms with van der Waals surface area (Å²) in [6, 6.07) is 4.97. The van der Waals surface area contributed by atoms with Gasteiger partial charge in [-0.25, -0.2) is 4.39 Å². The second-order valence-electron chi connectivity index (χ2n) is 4.16. The van der Waals surface area contributed by atoms with Crippen molar-refractivity contribution in [2.75, 3.05) is 26.2 Å². The molecule has 1 N–H and O–H groups in total. The quantitative estimate of drug-likeness (QED) is 0.857. The van der Waals surface area contributed by atoms with Crippen molar-refractivity contribution in [1.82, 2.24) is 10.2 Å². The summed E-state index contributed by atoms with van der Waals surface area (Å²) in [7, 11) is 0. The fourth-order valence-electron chi connectivity index (χ4n) is 2.10. The van der Waals surface area contributed by atoms with Crippen molar-refractivity contribution >= 4 is 11.6 Å². The zero-order valence-corrected chi connectivity index (χ0v) is 10.1. The molecule has 2 rings (SSSR count). The lowest BCUT2D eigenvalue weighted by Crippen LogP contribution is -2.44. The third-order valence-electron chi connectivity index (χ3n) is 3.07. The lowest BCUT2D eigenvalue weighted by Gasteiger charge is -2.33. The Morgan fingerprint density at radius 3 is 2.62 bits per heavy atom. The number of nitrogens with one attached hydrogen (secondary N) is 1. The minimum absolute atomic E-state index is 0.218. The van der Waals surface area contributed by atoms with Gasteiger partial charge >= 0.3 is 0 Å². The first-order chi connectivity index (χ1) is 7.66. The van der Waals surface area contributed by atoms with Gasteiger partial charge in [-0.15, -0.1) is 0 Å². The molecular weight excluding hydrogens is 227 g/mol. The van der Waals surface area contributed by atoms with Crippen LogP contribution < -0.4 is 5.32 Å². The van der Waals surface area contributed by atoms with E-state index in [1.165, 1.54) is 6.07 Å². The van der Waals surface area contributed by atoms with E-state index in [1.54, 1.807) is 6.07 Å². The summed E-state index contributed by atoms with van der Waals surface area (Å²) >= 11 is 5.86. The summed E-state index contributed by atoms with van der Waals surface area (Å²) in [5.41, 5.74) is 0.951. The van der Waals surface area contributed by atoms with Crippen molar-refractivity contribution in [3.05, 3.63) is 34.6 Å². The number of piperazine rings is 1. The van der Waals surface area contributed by atoms with E-state index >= 15 is 0 Å². The average Bonchev–Trinajstić information content (AvgIpc) is 2.28. The van der Waals surface area contributed by atoms with Crippen molar-refractivity contribution < 1.29 is 4.39 Å². The van der Waals surface area contributed by atoms with E-state index in [0.29, 0.717) is 5.02 Å². The molecule has 1 fully saturated rings. The fourth-order valence-corrected chi connectivity index (χ4v) is 2.33. The Bertz CT molecular complexity index is 344. The summed E-state index contributed by atoms with van der Waals surface area (Å²) in [4.78, 5) is 2.33. The van der Waals surface area contributed by atoms with Crippen LogP contribution in [0.4, 0.5) is 4.39 Å². The maximum Gasteiger partial charge on any atom is 0.125 e. The van der Waals surface area contributed by atoms with E-state index < -0.39 is 0 Å². The Morgan fingerprint density at radius 1 is 1.31 bits per heavy atom. The van der Waals surface area contributed by atoms with Gasteiger partial charge in [0.05, 0.1) is 0 Å². The van der Waals surface area contributed by atoms with Gasteiger partial charge in [0, 0.05) is 37.2 Å². The lowest BCUT2D eigenvalue weighted by molar-refractivity contribution is 0.185. The largest absolute Gasteiger partial charge is 0.314 e. The zero-order valence-electron chi connectivity index (χ0n) is 9.34. The Kier molecular flexibility index (Phi) is 3.79. The standard InChI is InChI=1S/C12H16ClFN2/c1-9(16-4-2-15-3-5-16)10-6-11(13)8-12(14)7-10/h6-9,15H,2-5H2,1H3/t9-/m1/s1. The van der Waals surface area contributed by atoms with Gasteiger partial charge in [0.15, 0.2) is 0 Å². The first-order valence-corrected chi connectivity index (χ1v) is 5.95. The molecule has 0 aromatic heterocycles. The van der Waals surface area contributed by atoms with Crippen LogP contribution in [0.15, 0.2) is 18.2 Å². The summed E-state index contributed by atoms with van der Waals surface area (Å²) in [5, 5.41) is 3.77. The number of hydrogen-bond donors (Lipinski definition) is 1. The summed E-state index contributed by atoms with van der Waals surface area (Å²) in [6.07, 6.45) is 0. The van der Waals surface area contributed by atoms with E-state index in [0.717, 1.165) is 31.7 Å². The molecule has 1 atom stereocenters. The minimum atomic E-state index is -0.260. The highest BCUT2D eigenvalue weighted by Gasteiger charge is 2.18. The molecule has 0 bridgehead atoms. The van der Waals surface area contributed by atoms with Crippen molar-refractivity contribution in [3.63, 3.8) is 0 Å². The average molecular weight is 243 g/mol. The molecule has 0 spiro atoms. The van der Waals surface area contributed by atoms with Crippen LogP contribution in [-0.4, -0.2) is 31.1 Å². The molecule has 88 valence electrons. The second kappa shape index (κ2) is 5.13. The zero-order chi connectivity index (χ0) is 11.5. The molecule has 0 amide bonds. The van der Waals surface area contributed by atoms with Gasteiger partial charge in [0.1, 0.15) is 5.82 Å². The van der Waals surface area contributed by atoms with E-state index in [4.69, 9.17) is 11.6 Å². The van der Waals surface area contributed by atoms with Crippen LogP contribution in [0.25, 0.3) is 0 Å². The van der Waals surface area contributed by atoms with E-state index in [1.807, 2.05) is 6.07 Å². The number of rotatable bonds is 2. The third-order valence-corrected chi connectivity index (χ3v) is 3.28. The molecule has 0 unspecified atom stereocenters. The van der Waals surface area contributed by atoms with Crippen LogP contribution in [0.1, 0.15) is 18.5 Å². The molecule has 0 aliphatic carbocycles. The number of halogens is 2. The molecule has 0 radical (unpaired) electrons. The predicted octanol–water partition coefficient (Wildman–Crippen LogP) is 2.45.